The maximum Gasteiger partial charge on any atom is 0.307 e. The largest absolute Gasteiger partial charge is 0.481 e. The molecule has 0 saturated heterocycles. The van der Waals surface area contributed by atoms with Gasteiger partial charge in [0.25, 0.3) is 0 Å². The maximum absolute atomic E-state index is 12.7. The van der Waals surface area contributed by atoms with Crippen LogP contribution in [0.4, 0.5) is 0 Å². The van der Waals surface area contributed by atoms with Gasteiger partial charge >= 0.3 is 5.97 Å². The molecule has 0 spiro atoms. The zero-order chi connectivity index (χ0) is 14.7. The molecular weight excluding hydrogens is 254 g/mol. The topological polar surface area (TPSA) is 57.6 Å². The van der Waals surface area contributed by atoms with Gasteiger partial charge in [-0.3, -0.25) is 9.59 Å². The predicted octanol–water partition coefficient (Wildman–Crippen LogP) is 2.91. The van der Waals surface area contributed by atoms with E-state index in [4.69, 9.17) is 0 Å². The summed E-state index contributed by atoms with van der Waals surface area (Å²) in [5, 5.41) is 9.37. The van der Waals surface area contributed by atoms with Crippen LogP contribution in [-0.2, 0) is 9.59 Å². The van der Waals surface area contributed by atoms with E-state index in [1.54, 1.807) is 0 Å². The van der Waals surface area contributed by atoms with Crippen molar-refractivity contribution in [3.63, 3.8) is 0 Å². The van der Waals surface area contributed by atoms with Crippen molar-refractivity contribution in [3.05, 3.63) is 0 Å². The van der Waals surface area contributed by atoms with E-state index in [1.807, 2.05) is 11.9 Å². The van der Waals surface area contributed by atoms with E-state index < -0.39 is 11.9 Å². The molecule has 2 saturated carbocycles. The van der Waals surface area contributed by atoms with Crippen LogP contribution in [0.1, 0.15) is 58.3 Å². The van der Waals surface area contributed by atoms with Crippen molar-refractivity contribution < 1.29 is 14.7 Å². The Labute approximate surface area is 121 Å². The molecule has 1 amide bonds. The van der Waals surface area contributed by atoms with Crippen molar-refractivity contribution in [2.24, 2.45) is 17.8 Å². The van der Waals surface area contributed by atoms with Crippen LogP contribution in [0.2, 0.25) is 0 Å². The third-order valence-electron chi connectivity index (χ3n) is 5.34. The van der Waals surface area contributed by atoms with E-state index >= 15 is 0 Å². The molecule has 0 bridgehead atoms. The Hall–Kier alpha value is -1.06. The fourth-order valence-corrected chi connectivity index (χ4v) is 3.93. The van der Waals surface area contributed by atoms with Gasteiger partial charge in [-0.2, -0.15) is 0 Å². The number of hydrogen-bond acceptors (Lipinski definition) is 2. The predicted molar refractivity (Wildman–Crippen MR) is 77.3 cm³/mol. The first-order valence-corrected chi connectivity index (χ1v) is 8.04. The summed E-state index contributed by atoms with van der Waals surface area (Å²) < 4.78 is 0. The minimum Gasteiger partial charge on any atom is -0.481 e. The van der Waals surface area contributed by atoms with E-state index in [-0.39, 0.29) is 11.8 Å². The summed E-state index contributed by atoms with van der Waals surface area (Å²) in [5.74, 6) is -1.11. The second-order valence-corrected chi connectivity index (χ2v) is 6.54. The fraction of sp³-hybridized carbons (Fsp3) is 0.875. The fourth-order valence-electron chi connectivity index (χ4n) is 3.93. The normalized spacial score (nSPS) is 31.2. The Bertz CT molecular complexity index is 363. The maximum atomic E-state index is 12.7. The van der Waals surface area contributed by atoms with Crippen LogP contribution in [0.3, 0.4) is 0 Å². The second-order valence-electron chi connectivity index (χ2n) is 6.54. The molecule has 0 aromatic carbocycles. The summed E-state index contributed by atoms with van der Waals surface area (Å²) in [4.78, 5) is 25.9. The third-order valence-corrected chi connectivity index (χ3v) is 5.34. The Balaban J connectivity index is 2.03. The van der Waals surface area contributed by atoms with E-state index in [2.05, 4.69) is 6.92 Å². The molecule has 0 aromatic heterocycles. The highest BCUT2D eigenvalue weighted by molar-refractivity contribution is 5.85. The van der Waals surface area contributed by atoms with Crippen molar-refractivity contribution in [1.29, 1.82) is 0 Å². The number of carboxylic acids is 1. The first-order chi connectivity index (χ1) is 9.54. The van der Waals surface area contributed by atoms with Crippen LogP contribution in [-0.4, -0.2) is 35.0 Å². The van der Waals surface area contributed by atoms with Gasteiger partial charge in [-0.25, -0.2) is 0 Å². The quantitative estimate of drug-likeness (QED) is 0.862. The molecule has 0 aromatic rings. The number of rotatable bonds is 4. The lowest BCUT2D eigenvalue weighted by molar-refractivity contribution is -0.149. The number of amides is 1. The molecule has 1 N–H and O–H groups in total. The lowest BCUT2D eigenvalue weighted by Gasteiger charge is -2.33. The summed E-state index contributed by atoms with van der Waals surface area (Å²) in [6, 6.07) is 0.325. The molecule has 114 valence electrons. The van der Waals surface area contributed by atoms with Crippen molar-refractivity contribution in [1.82, 2.24) is 4.90 Å². The first-order valence-electron chi connectivity index (χ1n) is 8.04. The molecule has 2 rings (SSSR count). The van der Waals surface area contributed by atoms with Crippen LogP contribution >= 0.6 is 0 Å². The highest BCUT2D eigenvalue weighted by Gasteiger charge is 2.43. The standard InChI is InChI=1S/C16H27NO3/c1-3-11-9-13(14(10-11)16(19)20)15(18)17(2)12-7-5-4-6-8-12/h11-14H,3-10H2,1-2H3,(H,19,20)/t11?,13-,14+/m0/s1. The van der Waals surface area contributed by atoms with Gasteiger partial charge in [0, 0.05) is 13.1 Å². The molecule has 0 aliphatic heterocycles. The van der Waals surface area contributed by atoms with Crippen LogP contribution in [0.5, 0.6) is 0 Å². The summed E-state index contributed by atoms with van der Waals surface area (Å²) >= 11 is 0. The van der Waals surface area contributed by atoms with Crippen molar-refractivity contribution in [2.75, 3.05) is 7.05 Å². The lowest BCUT2D eigenvalue weighted by atomic mass is 9.91. The molecular formula is C16H27NO3. The molecule has 2 aliphatic carbocycles. The summed E-state index contributed by atoms with van der Waals surface area (Å²) in [6.45, 7) is 2.08. The molecule has 3 atom stereocenters. The van der Waals surface area contributed by atoms with Crippen LogP contribution in [0, 0.1) is 17.8 Å². The van der Waals surface area contributed by atoms with E-state index in [0.29, 0.717) is 18.4 Å². The van der Waals surface area contributed by atoms with Crippen molar-refractivity contribution in [2.45, 2.75) is 64.3 Å². The number of carbonyl (C=O) groups excluding carboxylic acids is 1. The van der Waals surface area contributed by atoms with Gasteiger partial charge in [0.2, 0.25) is 5.91 Å². The minimum absolute atomic E-state index is 0.0697. The molecule has 1 unspecified atom stereocenters. The SMILES string of the molecule is CCC1C[C@H](C(=O)N(C)C2CCCCC2)[C@H](C(=O)O)C1. The zero-order valence-corrected chi connectivity index (χ0v) is 12.7. The Morgan fingerprint density at radius 2 is 1.70 bits per heavy atom. The first kappa shape index (κ1) is 15.3. The Kier molecular flexibility index (Phi) is 5.06. The van der Waals surface area contributed by atoms with Gasteiger partial charge in [-0.05, 0) is 31.6 Å². The van der Waals surface area contributed by atoms with Crippen molar-refractivity contribution in [3.8, 4) is 0 Å². The van der Waals surface area contributed by atoms with E-state index in [0.717, 1.165) is 25.7 Å². The van der Waals surface area contributed by atoms with Gasteiger partial charge in [-0.1, -0.05) is 32.6 Å². The Morgan fingerprint density at radius 1 is 1.10 bits per heavy atom. The van der Waals surface area contributed by atoms with Crippen LogP contribution in [0.15, 0.2) is 0 Å². The second kappa shape index (κ2) is 6.59. The van der Waals surface area contributed by atoms with Crippen LogP contribution in [0.25, 0.3) is 0 Å². The van der Waals surface area contributed by atoms with Gasteiger partial charge in [0.05, 0.1) is 11.8 Å². The van der Waals surface area contributed by atoms with Crippen LogP contribution < -0.4 is 0 Å². The van der Waals surface area contributed by atoms with E-state index in [1.165, 1.54) is 19.3 Å². The average Bonchev–Trinajstić information content (AvgIpc) is 2.91. The summed E-state index contributed by atoms with van der Waals surface area (Å²) in [5.41, 5.74) is 0. The third kappa shape index (κ3) is 3.15. The molecule has 2 aliphatic rings. The average molecular weight is 281 g/mol. The van der Waals surface area contributed by atoms with E-state index in [9.17, 15) is 14.7 Å². The van der Waals surface area contributed by atoms with Crippen molar-refractivity contribution >= 4 is 11.9 Å². The lowest BCUT2D eigenvalue weighted by Crippen LogP contribution is -2.43. The molecule has 0 radical (unpaired) electrons. The molecule has 20 heavy (non-hydrogen) atoms. The smallest absolute Gasteiger partial charge is 0.307 e. The number of hydrogen-bond donors (Lipinski definition) is 1. The summed E-state index contributed by atoms with van der Waals surface area (Å²) in [7, 11) is 1.87. The number of carbonyl (C=O) groups is 2. The number of carboxylic acid groups (broad SMARTS) is 1. The highest BCUT2D eigenvalue weighted by Crippen LogP contribution is 2.40. The van der Waals surface area contributed by atoms with Gasteiger partial charge in [0.1, 0.15) is 0 Å². The molecule has 0 heterocycles. The van der Waals surface area contributed by atoms with Gasteiger partial charge in [-0.15, -0.1) is 0 Å². The molecule has 4 heteroatoms. The van der Waals surface area contributed by atoms with Gasteiger partial charge < -0.3 is 10.0 Å². The number of aliphatic carboxylic acids is 1. The summed E-state index contributed by atoms with van der Waals surface area (Å²) in [6.07, 6.45) is 8.18. The number of nitrogens with zero attached hydrogens (tertiary/aromatic N) is 1. The van der Waals surface area contributed by atoms with Gasteiger partial charge in [0.15, 0.2) is 0 Å². The Morgan fingerprint density at radius 3 is 2.25 bits per heavy atom. The molecule has 4 nitrogen and oxygen atoms in total. The molecule has 2 fully saturated rings. The monoisotopic (exact) mass is 281 g/mol. The zero-order valence-electron chi connectivity index (χ0n) is 12.7. The highest BCUT2D eigenvalue weighted by atomic mass is 16.4. The minimum atomic E-state index is -0.795.